The van der Waals surface area contributed by atoms with E-state index in [0.29, 0.717) is 0 Å². The first-order chi connectivity index (χ1) is 11.6. The van der Waals surface area contributed by atoms with E-state index >= 15 is 0 Å². The summed E-state index contributed by atoms with van der Waals surface area (Å²) < 4.78 is 1.82. The van der Waals surface area contributed by atoms with E-state index in [9.17, 15) is 10.1 Å². The number of amides is 1. The highest BCUT2D eigenvalue weighted by atomic mass is 16.2. The smallest absolute Gasteiger partial charge is 0.252 e. The van der Waals surface area contributed by atoms with Crippen LogP contribution in [0.25, 0.3) is 0 Å². The number of benzene rings is 1. The predicted molar refractivity (Wildman–Crippen MR) is 90.6 cm³/mol. The average Bonchev–Trinajstić information content (AvgIpc) is 3.16. The second kappa shape index (κ2) is 5.48. The fourth-order valence-corrected chi connectivity index (χ4v) is 3.89. The van der Waals surface area contributed by atoms with Crippen LogP contribution < -0.4 is 5.32 Å². The number of hydrogen-bond acceptors (Lipinski definition) is 3. The molecule has 1 aromatic heterocycles. The maximum Gasteiger partial charge on any atom is 0.252 e. The number of anilines is 1. The number of nitriles is 1. The zero-order valence-electron chi connectivity index (χ0n) is 13.8. The first-order valence-electron chi connectivity index (χ1n) is 8.52. The zero-order chi connectivity index (χ0) is 16.7. The molecule has 5 nitrogen and oxygen atoms in total. The van der Waals surface area contributed by atoms with Crippen LogP contribution in [0.4, 0.5) is 5.69 Å². The lowest BCUT2D eigenvalue weighted by Gasteiger charge is -2.40. The molecule has 1 heterocycles. The Hall–Kier alpha value is -2.61. The fraction of sp³-hybridized carbons (Fsp3) is 0.421. The Morgan fingerprint density at radius 3 is 2.71 bits per heavy atom. The lowest BCUT2D eigenvalue weighted by atomic mass is 9.76. The molecule has 2 aromatic rings. The van der Waals surface area contributed by atoms with Crippen molar-refractivity contribution in [2.24, 2.45) is 0 Å². The molecule has 1 N–H and O–H groups in total. The predicted octanol–water partition coefficient (Wildman–Crippen LogP) is 3.07. The van der Waals surface area contributed by atoms with Gasteiger partial charge in [-0.1, -0.05) is 0 Å². The maximum absolute atomic E-state index is 13.0. The number of fused-ring (bicyclic) bond motifs is 1. The first-order valence-corrected chi connectivity index (χ1v) is 8.52. The Morgan fingerprint density at radius 1 is 1.29 bits per heavy atom. The van der Waals surface area contributed by atoms with Gasteiger partial charge < -0.3 is 5.32 Å². The Morgan fingerprint density at radius 2 is 2.08 bits per heavy atom. The Bertz CT molecular complexity index is 855. The van der Waals surface area contributed by atoms with Crippen LogP contribution in [-0.2, 0) is 23.2 Å². The highest BCUT2D eigenvalue weighted by Crippen LogP contribution is 2.41. The summed E-state index contributed by atoms with van der Waals surface area (Å²) >= 11 is 0. The molecule has 0 atom stereocenters. The largest absolute Gasteiger partial charge is 0.324 e. The van der Waals surface area contributed by atoms with Crippen LogP contribution in [0.1, 0.15) is 47.9 Å². The van der Waals surface area contributed by atoms with Crippen LogP contribution >= 0.6 is 0 Å². The van der Waals surface area contributed by atoms with Crippen molar-refractivity contribution in [1.29, 1.82) is 5.26 Å². The summed E-state index contributed by atoms with van der Waals surface area (Å²) in [6.07, 6.45) is 9.31. The van der Waals surface area contributed by atoms with Gasteiger partial charge >= 0.3 is 0 Å². The number of rotatable bonds is 3. The van der Waals surface area contributed by atoms with Crippen molar-refractivity contribution in [3.63, 3.8) is 0 Å². The van der Waals surface area contributed by atoms with Gasteiger partial charge in [-0.05, 0) is 74.3 Å². The van der Waals surface area contributed by atoms with Crippen LogP contribution in [0.3, 0.4) is 0 Å². The summed E-state index contributed by atoms with van der Waals surface area (Å²) in [5.74, 6) is 0.00987. The van der Waals surface area contributed by atoms with E-state index in [0.717, 1.165) is 66.5 Å². The summed E-state index contributed by atoms with van der Waals surface area (Å²) in [7, 11) is 0. The van der Waals surface area contributed by atoms with E-state index in [1.54, 1.807) is 6.20 Å². The molecule has 1 fully saturated rings. The van der Waals surface area contributed by atoms with Crippen LogP contribution in [-0.4, -0.2) is 15.7 Å². The first kappa shape index (κ1) is 14.9. The van der Waals surface area contributed by atoms with Gasteiger partial charge in [0.25, 0.3) is 5.91 Å². The SMILES string of the molecule is Cc1cnn(C2(C(=O)Nc3ccc(C#N)c4c3CCC4)CCC2)c1. The normalized spacial score (nSPS) is 17.7. The number of hydrogen-bond donors (Lipinski definition) is 1. The molecule has 5 heteroatoms. The lowest BCUT2D eigenvalue weighted by molar-refractivity contribution is -0.129. The third kappa shape index (κ3) is 2.14. The number of aryl methyl sites for hydroxylation is 1. The van der Waals surface area contributed by atoms with E-state index in [2.05, 4.69) is 16.5 Å². The number of aromatic nitrogens is 2. The molecule has 24 heavy (non-hydrogen) atoms. The van der Waals surface area contributed by atoms with E-state index in [1.165, 1.54) is 0 Å². The van der Waals surface area contributed by atoms with Crippen molar-refractivity contribution in [3.8, 4) is 6.07 Å². The summed E-state index contributed by atoms with van der Waals surface area (Å²) in [5.41, 5.74) is 4.34. The molecule has 0 bridgehead atoms. The molecule has 0 unspecified atom stereocenters. The van der Waals surface area contributed by atoms with Crippen LogP contribution in [0.15, 0.2) is 24.5 Å². The van der Waals surface area contributed by atoms with Gasteiger partial charge in [-0.25, -0.2) is 0 Å². The number of nitrogens with zero attached hydrogens (tertiary/aromatic N) is 3. The maximum atomic E-state index is 13.0. The highest BCUT2D eigenvalue weighted by Gasteiger charge is 2.47. The highest BCUT2D eigenvalue weighted by molar-refractivity contribution is 5.98. The van der Waals surface area contributed by atoms with Crippen molar-refractivity contribution in [3.05, 3.63) is 46.8 Å². The zero-order valence-corrected chi connectivity index (χ0v) is 13.8. The van der Waals surface area contributed by atoms with Gasteiger partial charge in [-0.2, -0.15) is 10.4 Å². The molecular formula is C19H20N4O. The van der Waals surface area contributed by atoms with E-state index < -0.39 is 5.54 Å². The van der Waals surface area contributed by atoms with Crippen molar-refractivity contribution in [2.75, 3.05) is 5.32 Å². The number of carbonyl (C=O) groups is 1. The Balaban J connectivity index is 1.65. The van der Waals surface area contributed by atoms with Crippen LogP contribution in [0.2, 0.25) is 0 Å². The standard InChI is InChI=1S/C19H20N4O/c1-13-11-21-23(12-13)19(8-3-9-19)18(24)22-17-7-6-14(10-20)15-4-2-5-16(15)17/h6-7,11-12H,2-5,8-9H2,1H3,(H,22,24). The fourth-order valence-electron chi connectivity index (χ4n) is 3.89. The minimum atomic E-state index is -0.562. The third-order valence-corrected chi connectivity index (χ3v) is 5.41. The molecule has 0 aliphatic heterocycles. The van der Waals surface area contributed by atoms with Gasteiger partial charge in [-0.3, -0.25) is 9.48 Å². The van der Waals surface area contributed by atoms with Gasteiger partial charge in [0.2, 0.25) is 0 Å². The molecule has 0 saturated heterocycles. The topological polar surface area (TPSA) is 70.7 Å². The average molecular weight is 320 g/mol. The monoisotopic (exact) mass is 320 g/mol. The molecule has 0 radical (unpaired) electrons. The summed E-state index contributed by atoms with van der Waals surface area (Å²) in [6, 6.07) is 5.96. The molecule has 1 amide bonds. The number of nitrogens with one attached hydrogen (secondary N) is 1. The van der Waals surface area contributed by atoms with Crippen molar-refractivity contribution in [2.45, 2.75) is 51.0 Å². The Labute approximate surface area is 141 Å². The van der Waals surface area contributed by atoms with Gasteiger partial charge in [0.05, 0.1) is 17.8 Å². The van der Waals surface area contributed by atoms with Crippen molar-refractivity contribution >= 4 is 11.6 Å². The minimum absolute atomic E-state index is 0.00987. The van der Waals surface area contributed by atoms with Gasteiger partial charge in [-0.15, -0.1) is 0 Å². The second-order valence-corrected chi connectivity index (χ2v) is 6.88. The third-order valence-electron chi connectivity index (χ3n) is 5.41. The molecule has 122 valence electrons. The molecular weight excluding hydrogens is 300 g/mol. The van der Waals surface area contributed by atoms with Crippen LogP contribution in [0, 0.1) is 18.3 Å². The molecule has 2 aliphatic carbocycles. The molecule has 1 saturated carbocycles. The summed E-state index contributed by atoms with van der Waals surface area (Å²) in [5, 5.41) is 16.8. The van der Waals surface area contributed by atoms with E-state index in [1.807, 2.05) is 29.9 Å². The summed E-state index contributed by atoms with van der Waals surface area (Å²) in [6.45, 7) is 1.99. The van der Waals surface area contributed by atoms with Gasteiger partial charge in [0.15, 0.2) is 0 Å². The Kier molecular flexibility index (Phi) is 3.42. The minimum Gasteiger partial charge on any atom is -0.324 e. The van der Waals surface area contributed by atoms with Gasteiger partial charge in [0, 0.05) is 11.9 Å². The van der Waals surface area contributed by atoms with E-state index in [4.69, 9.17) is 0 Å². The number of carbonyl (C=O) groups excluding carboxylic acids is 1. The van der Waals surface area contributed by atoms with Gasteiger partial charge in [0.1, 0.15) is 5.54 Å². The lowest BCUT2D eigenvalue weighted by Crippen LogP contribution is -2.51. The summed E-state index contributed by atoms with van der Waals surface area (Å²) in [4.78, 5) is 13.0. The quantitative estimate of drug-likeness (QED) is 0.945. The molecule has 0 spiro atoms. The molecule has 4 rings (SSSR count). The van der Waals surface area contributed by atoms with E-state index in [-0.39, 0.29) is 5.91 Å². The van der Waals surface area contributed by atoms with Crippen LogP contribution in [0.5, 0.6) is 0 Å². The molecule has 2 aliphatic rings. The second-order valence-electron chi connectivity index (χ2n) is 6.88. The van der Waals surface area contributed by atoms with Crippen molar-refractivity contribution < 1.29 is 4.79 Å². The van der Waals surface area contributed by atoms with Crippen molar-refractivity contribution in [1.82, 2.24) is 9.78 Å². The molecule has 1 aromatic carbocycles.